The maximum Gasteiger partial charge on any atom is 0.410 e. The molecule has 1 aliphatic rings. The molecule has 1 fully saturated rings. The monoisotopic (exact) mass is 318 g/mol. The summed E-state index contributed by atoms with van der Waals surface area (Å²) in [6, 6.07) is 9.62. The Balaban J connectivity index is 1.75. The molecule has 1 aromatic carbocycles. The van der Waals surface area contributed by atoms with Crippen LogP contribution in [0.25, 0.3) is 0 Å². The van der Waals surface area contributed by atoms with Crippen molar-refractivity contribution in [2.75, 3.05) is 13.1 Å². The number of ether oxygens (including phenoxy) is 1. The van der Waals surface area contributed by atoms with Crippen LogP contribution >= 0.6 is 0 Å². The van der Waals surface area contributed by atoms with E-state index in [1.165, 1.54) is 0 Å². The Kier molecular flexibility index (Phi) is 5.64. The fraction of sp³-hybridized carbons (Fsp3) is 0.556. The Morgan fingerprint density at radius 2 is 1.78 bits per heavy atom. The molecular formula is C18H26N2O3. The molecule has 2 amide bonds. The number of benzene rings is 1. The van der Waals surface area contributed by atoms with E-state index >= 15 is 0 Å². The number of amides is 2. The first kappa shape index (κ1) is 17.3. The van der Waals surface area contributed by atoms with Gasteiger partial charge < -0.3 is 15.0 Å². The van der Waals surface area contributed by atoms with Crippen molar-refractivity contribution in [2.45, 2.75) is 45.8 Å². The number of piperidine rings is 1. The maximum absolute atomic E-state index is 12.2. The highest BCUT2D eigenvalue weighted by Gasteiger charge is 2.29. The number of hydrogen-bond acceptors (Lipinski definition) is 3. The summed E-state index contributed by atoms with van der Waals surface area (Å²) < 4.78 is 5.33. The van der Waals surface area contributed by atoms with Gasteiger partial charge in [0.2, 0.25) is 5.91 Å². The molecule has 0 spiro atoms. The Morgan fingerprint density at radius 3 is 2.35 bits per heavy atom. The van der Waals surface area contributed by atoms with Crippen molar-refractivity contribution in [1.29, 1.82) is 0 Å². The molecule has 1 heterocycles. The van der Waals surface area contributed by atoms with Crippen LogP contribution in [0.15, 0.2) is 30.3 Å². The number of carbonyl (C=O) groups is 2. The van der Waals surface area contributed by atoms with Crippen LogP contribution in [-0.4, -0.2) is 35.5 Å². The molecule has 5 nitrogen and oxygen atoms in total. The Bertz CT molecular complexity index is 529. The molecular weight excluding hydrogens is 292 g/mol. The summed E-state index contributed by atoms with van der Waals surface area (Å²) in [7, 11) is 0. The second kappa shape index (κ2) is 7.49. The van der Waals surface area contributed by atoms with Gasteiger partial charge in [0.1, 0.15) is 6.61 Å². The topological polar surface area (TPSA) is 58.6 Å². The van der Waals surface area contributed by atoms with Crippen LogP contribution in [0, 0.1) is 5.92 Å². The van der Waals surface area contributed by atoms with Crippen LogP contribution in [0.5, 0.6) is 0 Å². The number of nitrogens with zero attached hydrogens (tertiary/aromatic N) is 1. The summed E-state index contributed by atoms with van der Waals surface area (Å²) in [4.78, 5) is 25.9. The number of carbonyl (C=O) groups excluding carboxylic acids is 2. The largest absolute Gasteiger partial charge is 0.445 e. The minimum Gasteiger partial charge on any atom is -0.445 e. The molecule has 0 atom stereocenters. The second-order valence-electron chi connectivity index (χ2n) is 7.04. The lowest BCUT2D eigenvalue weighted by atomic mass is 9.95. The zero-order valence-electron chi connectivity index (χ0n) is 14.2. The number of nitrogens with one attached hydrogen (secondary N) is 1. The van der Waals surface area contributed by atoms with Crippen molar-refractivity contribution >= 4 is 12.0 Å². The molecule has 0 unspecified atom stereocenters. The van der Waals surface area contributed by atoms with Gasteiger partial charge in [-0.15, -0.1) is 0 Å². The SMILES string of the molecule is CC(C)(C)NC(=O)C1CCN(C(=O)OCc2ccccc2)CC1. The lowest BCUT2D eigenvalue weighted by molar-refractivity contribution is -0.127. The summed E-state index contributed by atoms with van der Waals surface area (Å²) in [6.07, 6.45) is 1.06. The predicted molar refractivity (Wildman–Crippen MR) is 88.8 cm³/mol. The Morgan fingerprint density at radius 1 is 1.17 bits per heavy atom. The van der Waals surface area contributed by atoms with Gasteiger partial charge in [0, 0.05) is 24.5 Å². The summed E-state index contributed by atoms with van der Waals surface area (Å²) in [5, 5.41) is 3.01. The van der Waals surface area contributed by atoms with Crippen molar-refractivity contribution in [2.24, 2.45) is 5.92 Å². The second-order valence-corrected chi connectivity index (χ2v) is 7.04. The number of rotatable bonds is 3. The van der Waals surface area contributed by atoms with Crippen molar-refractivity contribution in [3.05, 3.63) is 35.9 Å². The summed E-state index contributed by atoms with van der Waals surface area (Å²) in [6.45, 7) is 7.33. The average Bonchev–Trinajstić information content (AvgIpc) is 2.52. The minimum atomic E-state index is -0.302. The first-order chi connectivity index (χ1) is 10.8. The Labute approximate surface area is 138 Å². The van der Waals surface area contributed by atoms with Gasteiger partial charge in [-0.1, -0.05) is 30.3 Å². The standard InChI is InChI=1S/C18H26N2O3/c1-18(2,3)19-16(21)15-9-11-20(12-10-15)17(22)23-13-14-7-5-4-6-8-14/h4-8,15H,9-13H2,1-3H3,(H,19,21). The maximum atomic E-state index is 12.2. The summed E-state index contributed by atoms with van der Waals surface area (Å²) in [5.74, 6) is 0.0576. The fourth-order valence-electron chi connectivity index (χ4n) is 2.61. The van der Waals surface area contributed by atoms with E-state index in [9.17, 15) is 9.59 Å². The molecule has 0 radical (unpaired) electrons. The van der Waals surface area contributed by atoms with E-state index < -0.39 is 0 Å². The summed E-state index contributed by atoms with van der Waals surface area (Å²) in [5.41, 5.74) is 0.753. The smallest absolute Gasteiger partial charge is 0.410 e. The zero-order valence-corrected chi connectivity index (χ0v) is 14.2. The van der Waals surface area contributed by atoms with Crippen LogP contribution in [0.1, 0.15) is 39.2 Å². The highest BCUT2D eigenvalue weighted by molar-refractivity contribution is 5.79. The lowest BCUT2D eigenvalue weighted by Crippen LogP contribution is -2.47. The summed E-state index contributed by atoms with van der Waals surface area (Å²) >= 11 is 0. The Hall–Kier alpha value is -2.04. The highest BCUT2D eigenvalue weighted by atomic mass is 16.6. The van der Waals surface area contributed by atoms with E-state index in [2.05, 4.69) is 5.32 Å². The normalized spacial score (nSPS) is 16.0. The van der Waals surface area contributed by atoms with E-state index in [-0.39, 0.29) is 30.1 Å². The third-order valence-corrected chi connectivity index (χ3v) is 3.83. The number of likely N-dealkylation sites (tertiary alicyclic amines) is 1. The molecule has 0 aromatic heterocycles. The van der Waals surface area contributed by atoms with Crippen molar-refractivity contribution in [3.63, 3.8) is 0 Å². The van der Waals surface area contributed by atoms with E-state index in [0.717, 1.165) is 5.56 Å². The predicted octanol–water partition coefficient (Wildman–Crippen LogP) is 2.95. The zero-order chi connectivity index (χ0) is 16.9. The fourth-order valence-corrected chi connectivity index (χ4v) is 2.61. The van der Waals surface area contributed by atoms with Gasteiger partial charge in [-0.25, -0.2) is 4.79 Å². The molecule has 0 aliphatic carbocycles. The average molecular weight is 318 g/mol. The van der Waals surface area contributed by atoms with Crippen molar-refractivity contribution < 1.29 is 14.3 Å². The first-order valence-corrected chi connectivity index (χ1v) is 8.13. The van der Waals surface area contributed by atoms with Crippen LogP contribution in [0.2, 0.25) is 0 Å². The molecule has 5 heteroatoms. The molecule has 1 aliphatic heterocycles. The van der Waals surface area contributed by atoms with Crippen LogP contribution in [-0.2, 0) is 16.1 Å². The van der Waals surface area contributed by atoms with Crippen molar-refractivity contribution in [1.82, 2.24) is 10.2 Å². The van der Waals surface area contributed by atoms with Gasteiger partial charge in [0.15, 0.2) is 0 Å². The van der Waals surface area contributed by atoms with E-state index in [1.54, 1.807) is 4.90 Å². The highest BCUT2D eigenvalue weighted by Crippen LogP contribution is 2.19. The van der Waals surface area contributed by atoms with Gasteiger partial charge in [-0.2, -0.15) is 0 Å². The van der Waals surface area contributed by atoms with Gasteiger partial charge in [0.25, 0.3) is 0 Å². The van der Waals surface area contributed by atoms with Gasteiger partial charge >= 0.3 is 6.09 Å². The van der Waals surface area contributed by atoms with Crippen molar-refractivity contribution in [3.8, 4) is 0 Å². The van der Waals surface area contributed by atoms with Crippen LogP contribution < -0.4 is 5.32 Å². The van der Waals surface area contributed by atoms with Crippen LogP contribution in [0.4, 0.5) is 4.79 Å². The quantitative estimate of drug-likeness (QED) is 0.932. The molecule has 1 aromatic rings. The van der Waals surface area contributed by atoms with E-state index in [0.29, 0.717) is 25.9 Å². The lowest BCUT2D eigenvalue weighted by Gasteiger charge is -2.32. The molecule has 0 bridgehead atoms. The van der Waals surface area contributed by atoms with Crippen LogP contribution in [0.3, 0.4) is 0 Å². The van der Waals surface area contributed by atoms with Gasteiger partial charge in [-0.05, 0) is 39.2 Å². The number of hydrogen-bond donors (Lipinski definition) is 1. The van der Waals surface area contributed by atoms with Gasteiger partial charge in [0.05, 0.1) is 0 Å². The van der Waals surface area contributed by atoms with E-state index in [1.807, 2.05) is 51.1 Å². The first-order valence-electron chi connectivity index (χ1n) is 8.13. The molecule has 2 rings (SSSR count). The molecule has 23 heavy (non-hydrogen) atoms. The molecule has 0 saturated carbocycles. The third kappa shape index (κ3) is 5.58. The molecule has 1 N–H and O–H groups in total. The minimum absolute atomic E-state index is 0.0209. The third-order valence-electron chi connectivity index (χ3n) is 3.83. The molecule has 126 valence electrons. The van der Waals surface area contributed by atoms with Gasteiger partial charge in [-0.3, -0.25) is 4.79 Å². The van der Waals surface area contributed by atoms with E-state index in [4.69, 9.17) is 4.74 Å². The molecule has 1 saturated heterocycles.